The third-order valence-electron chi connectivity index (χ3n) is 6.71. The lowest BCUT2D eigenvalue weighted by Crippen LogP contribution is -2.18. The molecule has 3 amide bonds. The average Bonchev–Trinajstić information content (AvgIpc) is 3.72. The predicted octanol–water partition coefficient (Wildman–Crippen LogP) is 9.09. The number of anilines is 3. The van der Waals surface area contributed by atoms with Gasteiger partial charge in [-0.3, -0.25) is 14.4 Å². The summed E-state index contributed by atoms with van der Waals surface area (Å²) in [5.41, 5.74) is 0.619. The number of rotatable bonds is 6. The molecule has 7 rings (SSSR count). The second kappa shape index (κ2) is 10.9. The van der Waals surface area contributed by atoms with Crippen molar-refractivity contribution in [1.82, 2.24) is 0 Å². The number of carbonyl (C=O) groups is 3. The molecule has 0 bridgehead atoms. The first-order valence-corrected chi connectivity index (χ1v) is 15.5. The molecule has 0 spiro atoms. The van der Waals surface area contributed by atoms with E-state index in [2.05, 4.69) is 16.0 Å². The van der Waals surface area contributed by atoms with E-state index in [0.29, 0.717) is 15.0 Å². The second-order valence-electron chi connectivity index (χ2n) is 9.61. The molecule has 42 heavy (non-hydrogen) atoms. The molecule has 0 aliphatic carbocycles. The Labute approximate surface area is 252 Å². The van der Waals surface area contributed by atoms with Gasteiger partial charge in [0.15, 0.2) is 0 Å². The number of amides is 3. The van der Waals surface area contributed by atoms with Gasteiger partial charge in [0.25, 0.3) is 17.7 Å². The quantitative estimate of drug-likeness (QED) is 0.177. The molecular formula is C33H21N3O3S3. The minimum atomic E-state index is -0.408. The molecule has 3 aromatic heterocycles. The molecule has 0 unspecified atom stereocenters. The van der Waals surface area contributed by atoms with Gasteiger partial charge < -0.3 is 16.0 Å². The highest BCUT2D eigenvalue weighted by Crippen LogP contribution is 2.32. The Morgan fingerprint density at radius 2 is 0.690 bits per heavy atom. The van der Waals surface area contributed by atoms with Crippen LogP contribution in [0.15, 0.2) is 109 Å². The molecule has 0 saturated carbocycles. The monoisotopic (exact) mass is 603 g/mol. The Balaban J connectivity index is 1.20. The fraction of sp³-hybridized carbons (Fsp3) is 0. The molecule has 6 nitrogen and oxygen atoms in total. The van der Waals surface area contributed by atoms with Gasteiger partial charge in [-0.2, -0.15) is 0 Å². The first-order chi connectivity index (χ1) is 20.5. The molecule has 0 aliphatic heterocycles. The first-order valence-electron chi connectivity index (χ1n) is 13.0. The molecule has 9 heteroatoms. The number of benzene rings is 4. The van der Waals surface area contributed by atoms with Gasteiger partial charge in [0.05, 0.1) is 15.0 Å². The van der Waals surface area contributed by atoms with E-state index in [1.807, 2.05) is 91.0 Å². The molecule has 0 saturated heterocycles. The normalized spacial score (nSPS) is 11.1. The largest absolute Gasteiger partial charge is 0.314 e. The summed E-state index contributed by atoms with van der Waals surface area (Å²) < 4.78 is 3.15. The van der Waals surface area contributed by atoms with Gasteiger partial charge in [0, 0.05) is 30.8 Å². The van der Waals surface area contributed by atoms with E-state index in [0.717, 1.165) is 30.3 Å². The van der Waals surface area contributed by atoms with E-state index in [1.54, 1.807) is 0 Å². The zero-order valence-electron chi connectivity index (χ0n) is 21.8. The lowest BCUT2D eigenvalue weighted by atomic mass is 10.0. The summed E-state index contributed by atoms with van der Waals surface area (Å²) in [6.45, 7) is 0. The smallest absolute Gasteiger partial charge is 0.256 e. The summed E-state index contributed by atoms with van der Waals surface area (Å²) >= 11 is 4.38. The fourth-order valence-corrected chi connectivity index (χ4v) is 7.58. The predicted molar refractivity (Wildman–Crippen MR) is 176 cm³/mol. The average molecular weight is 604 g/mol. The summed E-state index contributed by atoms with van der Waals surface area (Å²) in [4.78, 5) is 40.3. The van der Waals surface area contributed by atoms with E-state index < -0.39 is 17.7 Å². The molecule has 204 valence electrons. The van der Waals surface area contributed by atoms with Crippen molar-refractivity contribution in [2.75, 3.05) is 16.0 Å². The summed E-state index contributed by atoms with van der Waals surface area (Å²) in [5.74, 6) is -1.23. The van der Waals surface area contributed by atoms with E-state index in [4.69, 9.17) is 0 Å². The molecule has 0 atom stereocenters. The zero-order valence-corrected chi connectivity index (χ0v) is 24.3. The molecule has 3 N–H and O–H groups in total. The van der Waals surface area contributed by atoms with Crippen molar-refractivity contribution in [3.8, 4) is 0 Å². The van der Waals surface area contributed by atoms with E-state index in [9.17, 15) is 14.4 Å². The van der Waals surface area contributed by atoms with Gasteiger partial charge in [0.1, 0.15) is 0 Å². The van der Waals surface area contributed by atoms with Crippen molar-refractivity contribution < 1.29 is 14.4 Å². The third kappa shape index (κ3) is 5.28. The van der Waals surface area contributed by atoms with Gasteiger partial charge >= 0.3 is 0 Å². The van der Waals surface area contributed by atoms with Crippen molar-refractivity contribution >= 4 is 97.0 Å². The first kappa shape index (κ1) is 26.1. The van der Waals surface area contributed by atoms with Gasteiger partial charge in [0.2, 0.25) is 0 Å². The summed E-state index contributed by atoms with van der Waals surface area (Å²) in [5, 5.41) is 13.9. The maximum Gasteiger partial charge on any atom is 0.256 e. The highest BCUT2D eigenvalue weighted by Gasteiger charge is 2.19. The Kier molecular flexibility index (Phi) is 6.75. The van der Waals surface area contributed by atoms with Gasteiger partial charge in [-0.15, -0.1) is 34.0 Å². The van der Waals surface area contributed by atoms with Gasteiger partial charge in [-0.25, -0.2) is 0 Å². The maximum atomic E-state index is 13.4. The number of nitrogens with one attached hydrogen (secondary N) is 3. The highest BCUT2D eigenvalue weighted by molar-refractivity contribution is 7.23. The second-order valence-corrected chi connectivity index (χ2v) is 12.9. The van der Waals surface area contributed by atoms with E-state index in [-0.39, 0.29) is 16.7 Å². The lowest BCUT2D eigenvalue weighted by molar-refractivity contribution is 0.102. The standard InChI is InChI=1S/C33H21N3O3S3/c37-31(34-28-16-19-7-1-4-10-25(19)40-28)22-13-23(32(38)35-29-17-20-8-2-5-11-26(20)41-29)15-24(14-22)33(39)36-30-18-21-9-3-6-12-27(21)42-30/h1-18H,(H,34,37)(H,35,38)(H,36,39). The lowest BCUT2D eigenvalue weighted by Gasteiger charge is -2.10. The molecule has 0 radical (unpaired) electrons. The van der Waals surface area contributed by atoms with Crippen molar-refractivity contribution in [1.29, 1.82) is 0 Å². The molecule has 0 aliphatic rings. The van der Waals surface area contributed by atoms with Crippen LogP contribution in [0, 0.1) is 0 Å². The van der Waals surface area contributed by atoms with Crippen LogP contribution in [0.1, 0.15) is 31.1 Å². The van der Waals surface area contributed by atoms with Crippen LogP contribution in [0.2, 0.25) is 0 Å². The topological polar surface area (TPSA) is 87.3 Å². The van der Waals surface area contributed by atoms with Gasteiger partial charge in [-0.05, 0) is 70.8 Å². The van der Waals surface area contributed by atoms with E-state index in [1.165, 1.54) is 52.2 Å². The molecule has 7 aromatic rings. The number of thiophene rings is 3. The maximum absolute atomic E-state index is 13.4. The third-order valence-corrected chi connectivity index (χ3v) is 9.80. The van der Waals surface area contributed by atoms with Crippen LogP contribution in [0.25, 0.3) is 30.3 Å². The summed E-state index contributed by atoms with van der Waals surface area (Å²) in [6, 6.07) is 33.9. The highest BCUT2D eigenvalue weighted by atomic mass is 32.1. The molecule has 4 aromatic carbocycles. The van der Waals surface area contributed by atoms with Crippen LogP contribution >= 0.6 is 34.0 Å². The van der Waals surface area contributed by atoms with Crippen molar-refractivity contribution in [3.05, 3.63) is 126 Å². The minimum Gasteiger partial charge on any atom is -0.314 e. The van der Waals surface area contributed by atoms with Crippen molar-refractivity contribution in [2.24, 2.45) is 0 Å². The van der Waals surface area contributed by atoms with Crippen LogP contribution in [-0.4, -0.2) is 17.7 Å². The zero-order chi connectivity index (χ0) is 28.6. The van der Waals surface area contributed by atoms with Crippen LogP contribution in [-0.2, 0) is 0 Å². The number of hydrogen-bond donors (Lipinski definition) is 3. The summed E-state index contributed by atoms with van der Waals surface area (Å²) in [7, 11) is 0. The number of fused-ring (bicyclic) bond motifs is 3. The van der Waals surface area contributed by atoms with Gasteiger partial charge in [-0.1, -0.05) is 54.6 Å². The fourth-order valence-electron chi connectivity index (χ4n) is 4.70. The number of hydrogen-bond acceptors (Lipinski definition) is 6. The molecular weight excluding hydrogens is 583 g/mol. The Hall–Kier alpha value is -4.83. The molecule has 0 fully saturated rings. The minimum absolute atomic E-state index is 0.206. The van der Waals surface area contributed by atoms with Crippen LogP contribution in [0.3, 0.4) is 0 Å². The number of carbonyl (C=O) groups excluding carboxylic acids is 3. The van der Waals surface area contributed by atoms with Crippen LogP contribution in [0.4, 0.5) is 15.0 Å². The van der Waals surface area contributed by atoms with Crippen LogP contribution < -0.4 is 16.0 Å². The Morgan fingerprint density at radius 3 is 0.976 bits per heavy atom. The Bertz CT molecular complexity index is 1800. The van der Waals surface area contributed by atoms with Crippen molar-refractivity contribution in [2.45, 2.75) is 0 Å². The molecule has 3 heterocycles. The van der Waals surface area contributed by atoms with Crippen LogP contribution in [0.5, 0.6) is 0 Å². The van der Waals surface area contributed by atoms with Crippen molar-refractivity contribution in [3.63, 3.8) is 0 Å². The Morgan fingerprint density at radius 1 is 0.405 bits per heavy atom. The summed E-state index contributed by atoms with van der Waals surface area (Å²) in [6.07, 6.45) is 0. The SMILES string of the molecule is O=C(Nc1cc2ccccc2s1)c1cc(C(=O)Nc2cc3ccccc3s2)cc(C(=O)Nc2cc3ccccc3s2)c1. The van der Waals surface area contributed by atoms with E-state index >= 15 is 0 Å².